The van der Waals surface area contributed by atoms with E-state index >= 15 is 0 Å². The highest BCUT2D eigenvalue weighted by Gasteiger charge is 2.19. The maximum absolute atomic E-state index is 10.4. The molecule has 0 spiro atoms. The summed E-state index contributed by atoms with van der Waals surface area (Å²) in [4.78, 5) is 0. The zero-order chi connectivity index (χ0) is 19.1. The standard InChI is InChI=1S/C19H18N4O3S/c1-3-11-6-13(16(25)8-15(11)24)18-21-22-19(27)23(18)12-4-5-17-14(7-12)20-10(2)9-26-17/h4-8,20,24-25H,2-3,9H2,1H3,(H,22,27). The summed E-state index contributed by atoms with van der Waals surface area (Å²) >= 11 is 5.41. The van der Waals surface area contributed by atoms with Crippen molar-refractivity contribution in [2.24, 2.45) is 0 Å². The molecule has 8 heteroatoms. The van der Waals surface area contributed by atoms with E-state index in [-0.39, 0.29) is 11.5 Å². The second kappa shape index (κ2) is 6.48. The van der Waals surface area contributed by atoms with Crippen LogP contribution in [-0.4, -0.2) is 31.6 Å². The molecule has 2 heterocycles. The molecule has 4 rings (SSSR count). The number of aryl methyl sites for hydroxylation is 1. The molecule has 4 N–H and O–H groups in total. The number of aromatic nitrogens is 3. The summed E-state index contributed by atoms with van der Waals surface area (Å²) in [5, 5.41) is 30.6. The Kier molecular flexibility index (Phi) is 4.12. The van der Waals surface area contributed by atoms with E-state index in [0.717, 1.165) is 22.8 Å². The Hall–Kier alpha value is -3.26. The lowest BCUT2D eigenvalue weighted by atomic mass is 10.1. The first kappa shape index (κ1) is 17.2. The molecule has 0 bridgehead atoms. The third-order valence-corrected chi connectivity index (χ3v) is 4.70. The van der Waals surface area contributed by atoms with Crippen LogP contribution in [-0.2, 0) is 6.42 Å². The molecule has 7 nitrogen and oxygen atoms in total. The summed E-state index contributed by atoms with van der Waals surface area (Å²) in [5.41, 5.74) is 3.48. The number of phenols is 2. The molecule has 0 fully saturated rings. The van der Waals surface area contributed by atoms with Crippen molar-refractivity contribution >= 4 is 17.9 Å². The summed E-state index contributed by atoms with van der Waals surface area (Å²) in [6.45, 7) is 6.23. The van der Waals surface area contributed by atoms with Gasteiger partial charge in [-0.2, -0.15) is 5.10 Å². The quantitative estimate of drug-likeness (QED) is 0.514. The minimum absolute atomic E-state index is 0.0491. The number of anilines is 1. The molecule has 1 aromatic heterocycles. The van der Waals surface area contributed by atoms with Crippen LogP contribution in [0.4, 0.5) is 5.69 Å². The van der Waals surface area contributed by atoms with E-state index in [2.05, 4.69) is 22.1 Å². The maximum atomic E-state index is 10.4. The molecule has 0 radical (unpaired) electrons. The van der Waals surface area contributed by atoms with Crippen molar-refractivity contribution in [3.05, 3.63) is 52.9 Å². The topological polar surface area (TPSA) is 95.3 Å². The molecule has 27 heavy (non-hydrogen) atoms. The fourth-order valence-electron chi connectivity index (χ4n) is 3.07. The van der Waals surface area contributed by atoms with Gasteiger partial charge < -0.3 is 20.3 Å². The Morgan fingerprint density at radius 2 is 2.07 bits per heavy atom. The van der Waals surface area contributed by atoms with Gasteiger partial charge in [-0.05, 0) is 48.5 Å². The molecule has 0 aliphatic carbocycles. The van der Waals surface area contributed by atoms with Crippen molar-refractivity contribution in [1.82, 2.24) is 14.8 Å². The Morgan fingerprint density at radius 3 is 2.85 bits per heavy atom. The number of nitrogens with one attached hydrogen (secondary N) is 2. The molecular weight excluding hydrogens is 364 g/mol. The van der Waals surface area contributed by atoms with Crippen molar-refractivity contribution in [3.8, 4) is 34.3 Å². The van der Waals surface area contributed by atoms with Gasteiger partial charge in [-0.3, -0.25) is 9.67 Å². The molecular formula is C19H18N4O3S. The third-order valence-electron chi connectivity index (χ3n) is 4.43. The zero-order valence-corrected chi connectivity index (χ0v) is 15.4. The molecule has 3 aromatic rings. The minimum Gasteiger partial charge on any atom is -0.508 e. The van der Waals surface area contributed by atoms with Gasteiger partial charge >= 0.3 is 0 Å². The maximum Gasteiger partial charge on any atom is 0.200 e. The van der Waals surface area contributed by atoms with Crippen molar-refractivity contribution in [2.45, 2.75) is 13.3 Å². The number of nitrogens with zero attached hydrogens (tertiary/aromatic N) is 2. The number of aromatic hydroxyl groups is 2. The van der Waals surface area contributed by atoms with E-state index in [4.69, 9.17) is 17.0 Å². The molecule has 1 aliphatic rings. The normalized spacial score (nSPS) is 13.0. The van der Waals surface area contributed by atoms with Gasteiger partial charge in [0.15, 0.2) is 10.6 Å². The predicted molar refractivity (Wildman–Crippen MR) is 105 cm³/mol. The first-order chi connectivity index (χ1) is 13.0. The third kappa shape index (κ3) is 2.93. The van der Waals surface area contributed by atoms with Crippen LogP contribution < -0.4 is 10.1 Å². The highest BCUT2D eigenvalue weighted by Crippen LogP contribution is 2.37. The number of benzene rings is 2. The summed E-state index contributed by atoms with van der Waals surface area (Å²) in [5.74, 6) is 1.15. The van der Waals surface area contributed by atoms with Crippen LogP contribution in [0.25, 0.3) is 17.1 Å². The van der Waals surface area contributed by atoms with Gasteiger partial charge in [0.05, 0.1) is 16.9 Å². The number of ether oxygens (including phenoxy) is 1. The van der Waals surface area contributed by atoms with E-state index in [1.54, 1.807) is 10.6 Å². The van der Waals surface area contributed by atoms with Crippen LogP contribution in [0, 0.1) is 4.77 Å². The smallest absolute Gasteiger partial charge is 0.200 e. The molecule has 0 atom stereocenters. The van der Waals surface area contributed by atoms with Crippen molar-refractivity contribution in [3.63, 3.8) is 0 Å². The summed E-state index contributed by atoms with van der Waals surface area (Å²) in [7, 11) is 0. The lowest BCUT2D eigenvalue weighted by Gasteiger charge is -2.22. The van der Waals surface area contributed by atoms with Crippen LogP contribution in [0.3, 0.4) is 0 Å². The SMILES string of the molecule is C=C1COc2ccc(-n3c(-c4cc(CC)c(O)cc4O)n[nH]c3=S)cc2N1. The number of aromatic amines is 1. The Labute approximate surface area is 160 Å². The lowest BCUT2D eigenvalue weighted by molar-refractivity contribution is 0.346. The number of rotatable bonds is 3. The van der Waals surface area contributed by atoms with Gasteiger partial charge in [-0.15, -0.1) is 0 Å². The van der Waals surface area contributed by atoms with Crippen LogP contribution in [0.2, 0.25) is 0 Å². The van der Waals surface area contributed by atoms with Gasteiger partial charge in [0.2, 0.25) is 0 Å². The highest BCUT2D eigenvalue weighted by molar-refractivity contribution is 7.71. The van der Waals surface area contributed by atoms with Crippen molar-refractivity contribution in [2.75, 3.05) is 11.9 Å². The van der Waals surface area contributed by atoms with Gasteiger partial charge in [-0.1, -0.05) is 13.5 Å². The predicted octanol–water partition coefficient (Wildman–Crippen LogP) is 3.89. The molecule has 138 valence electrons. The number of H-pyrrole nitrogens is 1. The molecule has 1 aliphatic heterocycles. The molecule has 0 unspecified atom stereocenters. The Bertz CT molecular complexity index is 1120. The van der Waals surface area contributed by atoms with E-state index in [0.29, 0.717) is 34.8 Å². The number of fused-ring (bicyclic) bond motifs is 1. The minimum atomic E-state index is -0.0762. The van der Waals surface area contributed by atoms with Gasteiger partial charge in [0.25, 0.3) is 0 Å². The van der Waals surface area contributed by atoms with Gasteiger partial charge in [-0.25, -0.2) is 0 Å². The van der Waals surface area contributed by atoms with E-state index < -0.39 is 0 Å². The number of hydrogen-bond donors (Lipinski definition) is 4. The summed E-state index contributed by atoms with van der Waals surface area (Å²) in [6.07, 6.45) is 0.618. The van der Waals surface area contributed by atoms with Crippen molar-refractivity contribution < 1.29 is 14.9 Å². The van der Waals surface area contributed by atoms with Crippen LogP contribution in [0.5, 0.6) is 17.2 Å². The van der Waals surface area contributed by atoms with Crippen molar-refractivity contribution in [1.29, 1.82) is 0 Å². The first-order valence-corrected chi connectivity index (χ1v) is 8.83. The van der Waals surface area contributed by atoms with Gasteiger partial charge in [0.1, 0.15) is 23.9 Å². The van der Waals surface area contributed by atoms with E-state index in [9.17, 15) is 10.2 Å². The van der Waals surface area contributed by atoms with Crippen LogP contribution in [0.15, 0.2) is 42.6 Å². The molecule has 0 saturated heterocycles. The monoisotopic (exact) mass is 382 g/mol. The summed E-state index contributed by atoms with van der Waals surface area (Å²) in [6, 6.07) is 8.63. The highest BCUT2D eigenvalue weighted by atomic mass is 32.1. The molecule has 0 saturated carbocycles. The first-order valence-electron chi connectivity index (χ1n) is 8.42. The fourth-order valence-corrected chi connectivity index (χ4v) is 3.31. The van der Waals surface area contributed by atoms with Gasteiger partial charge in [0, 0.05) is 11.8 Å². The largest absolute Gasteiger partial charge is 0.508 e. The molecule has 2 aromatic carbocycles. The number of hydrogen-bond acceptors (Lipinski definition) is 6. The average Bonchev–Trinajstić information content (AvgIpc) is 3.02. The number of phenolic OH excluding ortho intramolecular Hbond substituents is 2. The zero-order valence-electron chi connectivity index (χ0n) is 14.6. The van der Waals surface area contributed by atoms with Crippen LogP contribution in [0.1, 0.15) is 12.5 Å². The Balaban J connectivity index is 1.88. The second-order valence-corrected chi connectivity index (χ2v) is 6.62. The average molecular weight is 382 g/mol. The lowest BCUT2D eigenvalue weighted by Crippen LogP contribution is -2.15. The fraction of sp³-hybridized carbons (Fsp3) is 0.158. The Morgan fingerprint density at radius 1 is 1.26 bits per heavy atom. The second-order valence-electron chi connectivity index (χ2n) is 6.24. The van der Waals surface area contributed by atoms with Crippen LogP contribution >= 0.6 is 12.2 Å². The van der Waals surface area contributed by atoms with E-state index in [1.165, 1.54) is 6.07 Å². The van der Waals surface area contributed by atoms with E-state index in [1.807, 2.05) is 25.1 Å². The molecule has 0 amide bonds. The summed E-state index contributed by atoms with van der Waals surface area (Å²) < 4.78 is 7.73.